The highest BCUT2D eigenvalue weighted by atomic mass is 79.9. The Kier molecular flexibility index (Phi) is 5.82. The Morgan fingerprint density at radius 3 is 2.50 bits per heavy atom. The highest BCUT2D eigenvalue weighted by molar-refractivity contribution is 9.10. The number of hydrogen-bond donors (Lipinski definition) is 0. The van der Waals surface area contributed by atoms with Gasteiger partial charge in [0.25, 0.3) is 5.56 Å². The molecule has 24 heavy (non-hydrogen) atoms. The summed E-state index contributed by atoms with van der Waals surface area (Å²) in [6.07, 6.45) is 2.75. The van der Waals surface area contributed by atoms with Gasteiger partial charge in [0.05, 0.1) is 0 Å². The van der Waals surface area contributed by atoms with E-state index in [4.69, 9.17) is 0 Å². The first kappa shape index (κ1) is 18.7. The Labute approximate surface area is 149 Å². The minimum Gasteiger partial charge on any atom is -0.309 e. The van der Waals surface area contributed by atoms with E-state index in [2.05, 4.69) is 20.9 Å². The van der Waals surface area contributed by atoms with Crippen LogP contribution >= 0.6 is 15.9 Å². The van der Waals surface area contributed by atoms with E-state index < -0.39 is 0 Å². The number of halogens is 1. The molecule has 0 aliphatic heterocycles. The van der Waals surface area contributed by atoms with E-state index in [1.54, 1.807) is 11.6 Å². The van der Waals surface area contributed by atoms with Crippen LogP contribution in [-0.2, 0) is 20.1 Å². The average Bonchev–Trinajstić information content (AvgIpc) is 2.83. The number of imidazole rings is 1. The van der Waals surface area contributed by atoms with Crippen LogP contribution in [0.3, 0.4) is 0 Å². The lowest BCUT2D eigenvalue weighted by Crippen LogP contribution is -2.40. The summed E-state index contributed by atoms with van der Waals surface area (Å²) in [5, 5.41) is 0. The largest absolute Gasteiger partial charge is 0.332 e. The molecule has 0 saturated heterocycles. The second-order valence-corrected chi connectivity index (χ2v) is 7.11. The molecule has 8 heteroatoms. The van der Waals surface area contributed by atoms with Crippen molar-refractivity contribution in [2.24, 2.45) is 7.05 Å². The van der Waals surface area contributed by atoms with Crippen LogP contribution in [0.5, 0.6) is 0 Å². The van der Waals surface area contributed by atoms with Crippen molar-refractivity contribution in [3.05, 3.63) is 37.2 Å². The molecule has 2 rings (SSSR count). The predicted octanol–water partition coefficient (Wildman–Crippen LogP) is 1.58. The third kappa shape index (κ3) is 3.70. The first-order chi connectivity index (χ1) is 11.2. The Morgan fingerprint density at radius 2 is 1.92 bits per heavy atom. The number of nitrogens with zero attached hydrogens (tertiary/aromatic N) is 5. The number of aromatic nitrogens is 4. The van der Waals surface area contributed by atoms with E-state index in [-0.39, 0.29) is 11.2 Å². The zero-order valence-electron chi connectivity index (χ0n) is 14.8. The maximum absolute atomic E-state index is 12.9. The minimum absolute atomic E-state index is 0.285. The first-order valence-corrected chi connectivity index (χ1v) is 8.67. The molecule has 0 amide bonds. The predicted molar refractivity (Wildman–Crippen MR) is 99.5 cm³/mol. The molecule has 0 aliphatic carbocycles. The third-order valence-corrected chi connectivity index (χ3v) is 4.46. The molecule has 0 radical (unpaired) electrons. The zero-order chi connectivity index (χ0) is 18.0. The Hall–Kier alpha value is -1.67. The summed E-state index contributed by atoms with van der Waals surface area (Å²) in [6.45, 7) is 5.74. The van der Waals surface area contributed by atoms with E-state index in [0.717, 1.165) is 18.5 Å². The number of hydrogen-bond acceptors (Lipinski definition) is 4. The molecular weight excluding hydrogens is 374 g/mol. The van der Waals surface area contributed by atoms with Gasteiger partial charge < -0.3 is 9.47 Å². The summed E-state index contributed by atoms with van der Waals surface area (Å²) in [5.74, 6) is 0. The molecule has 0 fully saturated rings. The molecule has 0 aliphatic rings. The zero-order valence-corrected chi connectivity index (χ0v) is 16.4. The van der Waals surface area contributed by atoms with Crippen LogP contribution in [0.1, 0.15) is 20.3 Å². The van der Waals surface area contributed by atoms with Crippen molar-refractivity contribution in [1.29, 1.82) is 0 Å². The van der Waals surface area contributed by atoms with Crippen molar-refractivity contribution in [3.63, 3.8) is 0 Å². The van der Waals surface area contributed by atoms with Gasteiger partial charge in [0.15, 0.2) is 15.9 Å². The molecule has 0 unspecified atom stereocenters. The van der Waals surface area contributed by atoms with Crippen LogP contribution in [0.2, 0.25) is 0 Å². The fourth-order valence-electron chi connectivity index (χ4n) is 2.53. The molecule has 0 N–H and O–H groups in total. The molecule has 0 spiro atoms. The Bertz CT molecular complexity index is 884. The van der Waals surface area contributed by atoms with Crippen molar-refractivity contribution in [2.45, 2.75) is 33.4 Å². The first-order valence-electron chi connectivity index (χ1n) is 7.87. The van der Waals surface area contributed by atoms with Crippen LogP contribution in [-0.4, -0.2) is 44.2 Å². The summed E-state index contributed by atoms with van der Waals surface area (Å²) < 4.78 is 5.09. The van der Waals surface area contributed by atoms with E-state index in [9.17, 15) is 9.59 Å². The molecule has 0 saturated carbocycles. The summed E-state index contributed by atoms with van der Waals surface area (Å²) in [6, 6.07) is 0. The highest BCUT2D eigenvalue weighted by Crippen LogP contribution is 2.16. The number of rotatable bonds is 6. The minimum atomic E-state index is -0.328. The highest BCUT2D eigenvalue weighted by Gasteiger charge is 2.18. The number of aryl methyl sites for hydroxylation is 1. The number of fused-ring (bicyclic) bond motifs is 1. The number of allylic oxidation sites excluding steroid dienone is 2. The van der Waals surface area contributed by atoms with Gasteiger partial charge in [-0.1, -0.05) is 11.6 Å². The Morgan fingerprint density at radius 1 is 1.25 bits per heavy atom. The van der Waals surface area contributed by atoms with Crippen molar-refractivity contribution >= 4 is 27.1 Å². The van der Waals surface area contributed by atoms with Crippen LogP contribution in [0.4, 0.5) is 0 Å². The Balaban J connectivity index is 2.60. The average molecular weight is 398 g/mol. The molecule has 0 bridgehead atoms. The quantitative estimate of drug-likeness (QED) is 0.548. The summed E-state index contributed by atoms with van der Waals surface area (Å²) in [5.41, 5.74) is 1.40. The fraction of sp³-hybridized carbons (Fsp3) is 0.562. The third-order valence-electron chi connectivity index (χ3n) is 3.86. The standard InChI is InChI=1S/C16H24BrN5O2/c1-11(2)7-10-21-12-13(18-15(21)17)20(5)16(24)22(14(12)23)9-6-8-19(3)4/h7H,6,8-10H2,1-5H3. The molecule has 2 heterocycles. The van der Waals surface area contributed by atoms with Gasteiger partial charge in [0, 0.05) is 20.1 Å². The molecule has 2 aromatic heterocycles. The van der Waals surface area contributed by atoms with Gasteiger partial charge in [-0.05, 0) is 56.8 Å². The topological polar surface area (TPSA) is 65.1 Å². The molecular formula is C16H24BrN5O2. The molecule has 2 aromatic rings. The van der Waals surface area contributed by atoms with Gasteiger partial charge in [-0.3, -0.25) is 13.9 Å². The van der Waals surface area contributed by atoms with Gasteiger partial charge in [0.1, 0.15) is 0 Å². The van der Waals surface area contributed by atoms with Crippen molar-refractivity contribution in [2.75, 3.05) is 20.6 Å². The fourth-order valence-corrected chi connectivity index (χ4v) is 3.02. The molecule has 132 valence electrons. The lowest BCUT2D eigenvalue weighted by Gasteiger charge is -2.12. The van der Waals surface area contributed by atoms with E-state index >= 15 is 0 Å². The molecule has 0 atom stereocenters. The summed E-state index contributed by atoms with van der Waals surface area (Å²) in [7, 11) is 5.59. The SMILES string of the molecule is CC(C)=CCn1c(Br)nc2c1c(=O)n(CCCN(C)C)c(=O)n2C. The van der Waals surface area contributed by atoms with Gasteiger partial charge >= 0.3 is 5.69 Å². The second kappa shape index (κ2) is 7.48. The van der Waals surface area contributed by atoms with Gasteiger partial charge in [-0.15, -0.1) is 0 Å². The normalized spacial score (nSPS) is 11.5. The maximum Gasteiger partial charge on any atom is 0.332 e. The van der Waals surface area contributed by atoms with E-state index in [1.165, 1.54) is 9.13 Å². The van der Waals surface area contributed by atoms with Crippen molar-refractivity contribution in [3.8, 4) is 0 Å². The van der Waals surface area contributed by atoms with Crippen LogP contribution in [0.25, 0.3) is 11.2 Å². The van der Waals surface area contributed by atoms with Gasteiger partial charge in [0.2, 0.25) is 0 Å². The van der Waals surface area contributed by atoms with Gasteiger partial charge in [-0.2, -0.15) is 0 Å². The van der Waals surface area contributed by atoms with Crippen LogP contribution in [0, 0.1) is 0 Å². The summed E-state index contributed by atoms with van der Waals surface area (Å²) >= 11 is 3.40. The molecule has 7 nitrogen and oxygen atoms in total. The van der Waals surface area contributed by atoms with E-state index in [1.807, 2.05) is 38.9 Å². The van der Waals surface area contributed by atoms with Gasteiger partial charge in [-0.25, -0.2) is 9.78 Å². The maximum atomic E-state index is 12.9. The monoisotopic (exact) mass is 397 g/mol. The summed E-state index contributed by atoms with van der Waals surface area (Å²) in [4.78, 5) is 31.8. The van der Waals surface area contributed by atoms with Crippen LogP contribution < -0.4 is 11.2 Å². The van der Waals surface area contributed by atoms with E-state index in [0.29, 0.717) is 29.0 Å². The lowest BCUT2D eigenvalue weighted by atomic mass is 10.3. The smallest absolute Gasteiger partial charge is 0.309 e. The molecule has 0 aromatic carbocycles. The van der Waals surface area contributed by atoms with Crippen molar-refractivity contribution < 1.29 is 0 Å². The lowest BCUT2D eigenvalue weighted by molar-refractivity contribution is 0.381. The van der Waals surface area contributed by atoms with Crippen molar-refractivity contribution in [1.82, 2.24) is 23.6 Å². The van der Waals surface area contributed by atoms with Crippen LogP contribution in [0.15, 0.2) is 26.0 Å². The second-order valence-electron chi connectivity index (χ2n) is 6.40.